The van der Waals surface area contributed by atoms with Gasteiger partial charge >= 0.3 is 0 Å². The number of carbonyl (C=O) groups excluding carboxylic acids is 2. The highest BCUT2D eigenvalue weighted by Crippen LogP contribution is 2.42. The molecule has 2 aliphatic rings. The van der Waals surface area contributed by atoms with Gasteiger partial charge in [0.25, 0.3) is 11.7 Å². The van der Waals surface area contributed by atoms with E-state index < -0.39 is 17.7 Å². The van der Waals surface area contributed by atoms with Crippen LogP contribution in [0.25, 0.3) is 5.76 Å². The molecule has 1 atom stereocenters. The van der Waals surface area contributed by atoms with Gasteiger partial charge in [-0.05, 0) is 23.6 Å². The van der Waals surface area contributed by atoms with E-state index in [1.165, 1.54) is 25.6 Å². The Hall–Kier alpha value is -2.88. The highest BCUT2D eigenvalue weighted by Gasteiger charge is 2.46. The molecule has 1 aromatic heterocycles. The van der Waals surface area contributed by atoms with Gasteiger partial charge in [0.15, 0.2) is 0 Å². The third kappa shape index (κ3) is 4.23. The minimum Gasteiger partial charge on any atom is -0.507 e. The molecular weight excluding hydrogens is 432 g/mol. The Balaban J connectivity index is 1.73. The van der Waals surface area contributed by atoms with E-state index in [0.717, 1.165) is 18.0 Å². The summed E-state index contributed by atoms with van der Waals surface area (Å²) in [6.45, 7) is 3.90. The molecule has 32 heavy (non-hydrogen) atoms. The van der Waals surface area contributed by atoms with E-state index in [2.05, 4.69) is 4.90 Å². The van der Waals surface area contributed by atoms with Crippen LogP contribution >= 0.6 is 11.3 Å². The van der Waals surface area contributed by atoms with Gasteiger partial charge in [0.1, 0.15) is 17.3 Å². The molecule has 1 aromatic carbocycles. The summed E-state index contributed by atoms with van der Waals surface area (Å²) in [6.07, 6.45) is 0. The van der Waals surface area contributed by atoms with Gasteiger partial charge in [0, 0.05) is 37.1 Å². The van der Waals surface area contributed by atoms with Crippen LogP contribution in [0.1, 0.15) is 16.5 Å². The molecule has 9 heteroatoms. The van der Waals surface area contributed by atoms with E-state index in [0.29, 0.717) is 43.4 Å². The van der Waals surface area contributed by atoms with Crippen molar-refractivity contribution < 1.29 is 28.9 Å². The molecule has 2 fully saturated rings. The molecule has 0 radical (unpaired) electrons. The number of Topliss-reactive ketones (excluding diaryl/α,β-unsaturated/α-hetero) is 1. The zero-order chi connectivity index (χ0) is 22.7. The lowest BCUT2D eigenvalue weighted by Gasteiger charge is -2.30. The predicted octanol–water partition coefficient (Wildman–Crippen LogP) is 2.52. The molecule has 1 N–H and O–H groups in total. The van der Waals surface area contributed by atoms with E-state index in [4.69, 9.17) is 14.2 Å². The Morgan fingerprint density at radius 2 is 1.94 bits per heavy atom. The van der Waals surface area contributed by atoms with Crippen molar-refractivity contribution in [2.75, 3.05) is 53.6 Å². The number of hydrogen-bond acceptors (Lipinski definition) is 8. The van der Waals surface area contributed by atoms with Crippen LogP contribution in [0.2, 0.25) is 0 Å². The normalized spacial score (nSPS) is 21.2. The number of likely N-dealkylation sites (tertiary alicyclic amines) is 1. The quantitative estimate of drug-likeness (QED) is 0.387. The lowest BCUT2D eigenvalue weighted by molar-refractivity contribution is -0.140. The van der Waals surface area contributed by atoms with Crippen LogP contribution in [-0.4, -0.2) is 80.2 Å². The summed E-state index contributed by atoms with van der Waals surface area (Å²) in [7, 11) is 3.01. The third-order valence-electron chi connectivity index (χ3n) is 5.78. The topological polar surface area (TPSA) is 88.5 Å². The van der Waals surface area contributed by atoms with Crippen LogP contribution in [-0.2, 0) is 14.3 Å². The average molecular weight is 459 g/mol. The summed E-state index contributed by atoms with van der Waals surface area (Å²) < 4.78 is 16.0. The first kappa shape index (κ1) is 22.3. The van der Waals surface area contributed by atoms with E-state index in [-0.39, 0.29) is 11.3 Å². The highest BCUT2D eigenvalue weighted by atomic mass is 32.1. The number of amides is 1. The lowest BCUT2D eigenvalue weighted by Crippen LogP contribution is -2.42. The molecule has 2 aliphatic heterocycles. The summed E-state index contributed by atoms with van der Waals surface area (Å²) in [5.74, 6) is -0.646. The summed E-state index contributed by atoms with van der Waals surface area (Å²) >= 11 is 1.45. The fourth-order valence-electron chi connectivity index (χ4n) is 4.07. The zero-order valence-corrected chi connectivity index (χ0v) is 18.9. The van der Waals surface area contributed by atoms with E-state index in [1.54, 1.807) is 23.1 Å². The van der Waals surface area contributed by atoms with Crippen molar-refractivity contribution in [3.63, 3.8) is 0 Å². The molecule has 3 heterocycles. The molecule has 2 saturated heterocycles. The van der Waals surface area contributed by atoms with Gasteiger partial charge in [0.2, 0.25) is 0 Å². The van der Waals surface area contributed by atoms with Crippen LogP contribution in [0.5, 0.6) is 11.5 Å². The minimum absolute atomic E-state index is 0.0721. The third-order valence-corrected chi connectivity index (χ3v) is 6.70. The lowest BCUT2D eigenvalue weighted by atomic mass is 9.99. The molecular formula is C23H26N2O6S. The van der Waals surface area contributed by atoms with Crippen molar-refractivity contribution in [3.8, 4) is 11.5 Å². The van der Waals surface area contributed by atoms with Crippen molar-refractivity contribution >= 4 is 28.8 Å². The number of ether oxygens (including phenoxy) is 3. The van der Waals surface area contributed by atoms with Gasteiger partial charge in [-0.25, -0.2) is 0 Å². The number of nitrogens with zero attached hydrogens (tertiary/aromatic N) is 2. The van der Waals surface area contributed by atoms with Crippen molar-refractivity contribution in [2.24, 2.45) is 0 Å². The Bertz CT molecular complexity index is 1010. The largest absolute Gasteiger partial charge is 0.507 e. The van der Waals surface area contributed by atoms with Gasteiger partial charge in [-0.2, -0.15) is 0 Å². The fourth-order valence-corrected chi connectivity index (χ4v) is 4.91. The number of ketones is 1. The Labute approximate surface area is 190 Å². The minimum atomic E-state index is -0.694. The number of aliphatic hydroxyl groups excluding tert-OH is 1. The maximum absolute atomic E-state index is 13.1. The smallest absolute Gasteiger partial charge is 0.295 e. The Morgan fingerprint density at radius 3 is 2.59 bits per heavy atom. The molecule has 0 unspecified atom stereocenters. The molecule has 0 aliphatic carbocycles. The first-order valence-electron chi connectivity index (χ1n) is 10.4. The maximum Gasteiger partial charge on any atom is 0.295 e. The average Bonchev–Trinajstić information content (AvgIpc) is 3.44. The SMILES string of the molecule is COc1ccc(C(O)=C2C(=O)C(=O)N(CCN3CCOCC3)[C@H]2c2cccs2)c(OC)c1. The van der Waals surface area contributed by atoms with Crippen LogP contribution in [0.15, 0.2) is 41.3 Å². The molecule has 2 aromatic rings. The van der Waals surface area contributed by atoms with Crippen molar-refractivity contribution in [1.82, 2.24) is 9.80 Å². The second kappa shape index (κ2) is 9.72. The Kier molecular flexibility index (Phi) is 6.78. The molecule has 0 spiro atoms. The molecule has 0 bridgehead atoms. The summed E-state index contributed by atoms with van der Waals surface area (Å²) in [5, 5.41) is 13.1. The van der Waals surface area contributed by atoms with Gasteiger partial charge < -0.3 is 24.2 Å². The first-order chi connectivity index (χ1) is 15.5. The standard InChI is InChI=1S/C23H26N2O6S/c1-29-15-5-6-16(17(14-15)30-2)21(26)19-20(18-4-3-13-32-18)25(23(28)22(19)27)8-7-24-9-11-31-12-10-24/h3-6,13-14,20,26H,7-12H2,1-2H3/t20-/m0/s1. The summed E-state index contributed by atoms with van der Waals surface area (Å²) in [5.41, 5.74) is 0.406. The number of aliphatic hydroxyl groups is 1. The van der Waals surface area contributed by atoms with Crippen molar-refractivity contribution in [2.45, 2.75) is 6.04 Å². The highest BCUT2D eigenvalue weighted by molar-refractivity contribution is 7.10. The predicted molar refractivity (Wildman–Crippen MR) is 120 cm³/mol. The number of benzene rings is 1. The summed E-state index contributed by atoms with van der Waals surface area (Å²) in [6, 6.07) is 8.02. The number of carbonyl (C=O) groups is 2. The zero-order valence-electron chi connectivity index (χ0n) is 18.1. The maximum atomic E-state index is 13.1. The fraction of sp³-hybridized carbons (Fsp3) is 0.391. The van der Waals surface area contributed by atoms with Crippen molar-refractivity contribution in [3.05, 3.63) is 51.7 Å². The monoisotopic (exact) mass is 458 g/mol. The van der Waals surface area contributed by atoms with Gasteiger partial charge in [-0.1, -0.05) is 6.07 Å². The number of rotatable bonds is 7. The van der Waals surface area contributed by atoms with E-state index in [9.17, 15) is 14.7 Å². The second-order valence-corrected chi connectivity index (χ2v) is 8.51. The van der Waals surface area contributed by atoms with E-state index in [1.807, 2.05) is 17.5 Å². The van der Waals surface area contributed by atoms with Crippen LogP contribution in [0.4, 0.5) is 0 Å². The summed E-state index contributed by atoms with van der Waals surface area (Å²) in [4.78, 5) is 30.7. The molecule has 1 amide bonds. The van der Waals surface area contributed by atoms with E-state index >= 15 is 0 Å². The van der Waals surface area contributed by atoms with Gasteiger partial charge in [-0.3, -0.25) is 14.5 Å². The number of hydrogen-bond donors (Lipinski definition) is 1. The molecule has 4 rings (SSSR count). The van der Waals surface area contributed by atoms with Crippen LogP contribution in [0.3, 0.4) is 0 Å². The van der Waals surface area contributed by atoms with Crippen LogP contribution in [0, 0.1) is 0 Å². The first-order valence-corrected chi connectivity index (χ1v) is 11.3. The van der Waals surface area contributed by atoms with Gasteiger partial charge in [0.05, 0.1) is 44.6 Å². The van der Waals surface area contributed by atoms with Crippen molar-refractivity contribution in [1.29, 1.82) is 0 Å². The molecule has 0 saturated carbocycles. The van der Waals surface area contributed by atoms with Crippen LogP contribution < -0.4 is 9.47 Å². The Morgan fingerprint density at radius 1 is 1.16 bits per heavy atom. The second-order valence-electron chi connectivity index (χ2n) is 7.53. The molecule has 8 nitrogen and oxygen atoms in total. The van der Waals surface area contributed by atoms with Gasteiger partial charge in [-0.15, -0.1) is 11.3 Å². The number of morpholine rings is 1. The number of methoxy groups -OCH3 is 2. The molecule has 170 valence electrons. The number of thiophene rings is 1.